The lowest BCUT2D eigenvalue weighted by Crippen LogP contribution is -2.57. The molecule has 1 heterocycles. The number of amides is 3. The van der Waals surface area contributed by atoms with E-state index < -0.39 is 35.9 Å². The molecule has 1 aliphatic rings. The molecule has 0 aliphatic carbocycles. The summed E-state index contributed by atoms with van der Waals surface area (Å²) in [6.07, 6.45) is 4.36. The van der Waals surface area contributed by atoms with Crippen LogP contribution in [0.5, 0.6) is 0 Å². The fourth-order valence-electron chi connectivity index (χ4n) is 3.04. The van der Waals surface area contributed by atoms with Gasteiger partial charge in [0.25, 0.3) is 0 Å². The molecule has 0 bridgehead atoms. The Kier molecular flexibility index (Phi) is 11.0. The van der Waals surface area contributed by atoms with Crippen LogP contribution in [0.3, 0.4) is 0 Å². The van der Waals surface area contributed by atoms with Gasteiger partial charge in [0.2, 0.25) is 17.7 Å². The van der Waals surface area contributed by atoms with Gasteiger partial charge in [0.05, 0.1) is 6.04 Å². The van der Waals surface area contributed by atoms with E-state index in [9.17, 15) is 19.2 Å². The van der Waals surface area contributed by atoms with Crippen LogP contribution in [-0.4, -0.2) is 71.5 Å². The van der Waals surface area contributed by atoms with E-state index in [1.807, 2.05) is 20.1 Å². The van der Waals surface area contributed by atoms with Crippen LogP contribution < -0.4 is 21.3 Å². The summed E-state index contributed by atoms with van der Waals surface area (Å²) >= 11 is 1.56. The highest BCUT2D eigenvalue weighted by molar-refractivity contribution is 7.98. The van der Waals surface area contributed by atoms with Gasteiger partial charge in [-0.15, -0.1) is 0 Å². The monoisotopic (exact) mass is 430 g/mol. The molecule has 5 N–H and O–H groups in total. The van der Waals surface area contributed by atoms with E-state index in [-0.39, 0.29) is 17.9 Å². The summed E-state index contributed by atoms with van der Waals surface area (Å²) in [4.78, 5) is 48.8. The molecule has 0 aromatic heterocycles. The van der Waals surface area contributed by atoms with E-state index in [4.69, 9.17) is 5.11 Å². The minimum absolute atomic E-state index is 0.105. The van der Waals surface area contributed by atoms with E-state index in [2.05, 4.69) is 21.3 Å². The predicted octanol–water partition coefficient (Wildman–Crippen LogP) is 0.0965. The van der Waals surface area contributed by atoms with Gasteiger partial charge in [0, 0.05) is 0 Å². The normalized spacial score (nSPS) is 19.3. The van der Waals surface area contributed by atoms with Gasteiger partial charge in [-0.05, 0) is 57.1 Å². The quantitative estimate of drug-likeness (QED) is 0.296. The van der Waals surface area contributed by atoms with E-state index in [0.717, 1.165) is 19.4 Å². The Labute approximate surface area is 176 Å². The maximum Gasteiger partial charge on any atom is 0.325 e. The molecule has 4 atom stereocenters. The van der Waals surface area contributed by atoms with Crippen LogP contribution >= 0.6 is 11.8 Å². The van der Waals surface area contributed by atoms with Crippen molar-refractivity contribution < 1.29 is 24.3 Å². The van der Waals surface area contributed by atoms with Crippen LogP contribution in [0, 0.1) is 5.92 Å². The lowest BCUT2D eigenvalue weighted by atomic mass is 10.0. The van der Waals surface area contributed by atoms with Crippen molar-refractivity contribution in [3.63, 3.8) is 0 Å². The van der Waals surface area contributed by atoms with Crippen molar-refractivity contribution in [3.8, 4) is 0 Å². The predicted molar refractivity (Wildman–Crippen MR) is 113 cm³/mol. The average molecular weight is 431 g/mol. The van der Waals surface area contributed by atoms with Crippen LogP contribution in [0.4, 0.5) is 0 Å². The molecule has 10 heteroatoms. The van der Waals surface area contributed by atoms with Crippen LogP contribution in [0.15, 0.2) is 0 Å². The van der Waals surface area contributed by atoms with Crippen molar-refractivity contribution in [2.75, 3.05) is 18.6 Å². The maximum atomic E-state index is 12.9. The number of carbonyl (C=O) groups excluding carboxylic acids is 3. The van der Waals surface area contributed by atoms with Crippen molar-refractivity contribution >= 4 is 35.5 Å². The summed E-state index contributed by atoms with van der Waals surface area (Å²) in [5.41, 5.74) is 0. The number of carboxylic acid groups (broad SMARTS) is 1. The van der Waals surface area contributed by atoms with Crippen LogP contribution in [0.2, 0.25) is 0 Å². The Morgan fingerprint density at radius 1 is 1.07 bits per heavy atom. The van der Waals surface area contributed by atoms with E-state index in [1.54, 1.807) is 11.8 Å². The summed E-state index contributed by atoms with van der Waals surface area (Å²) < 4.78 is 0. The highest BCUT2D eigenvalue weighted by atomic mass is 32.2. The molecule has 1 aliphatic heterocycles. The van der Waals surface area contributed by atoms with Crippen LogP contribution in [0.1, 0.15) is 46.5 Å². The smallest absolute Gasteiger partial charge is 0.325 e. The molecule has 1 rings (SSSR count). The summed E-state index contributed by atoms with van der Waals surface area (Å²) in [5.74, 6) is -1.57. The number of carbonyl (C=O) groups is 4. The molecule has 1 saturated heterocycles. The molecule has 0 saturated carbocycles. The third-order valence-electron chi connectivity index (χ3n) is 4.69. The van der Waals surface area contributed by atoms with Crippen molar-refractivity contribution in [2.45, 2.75) is 70.6 Å². The van der Waals surface area contributed by atoms with Gasteiger partial charge in [-0.2, -0.15) is 11.8 Å². The third-order valence-corrected chi connectivity index (χ3v) is 5.33. The number of carboxylic acids is 1. The lowest BCUT2D eigenvalue weighted by molar-refractivity contribution is -0.142. The number of nitrogens with one attached hydrogen (secondary N) is 4. The summed E-state index contributed by atoms with van der Waals surface area (Å²) in [5, 5.41) is 20.0. The molecule has 0 aromatic rings. The fourth-order valence-corrected chi connectivity index (χ4v) is 3.51. The highest BCUT2D eigenvalue weighted by Gasteiger charge is 2.30. The van der Waals surface area contributed by atoms with Crippen molar-refractivity contribution in [1.82, 2.24) is 21.3 Å². The van der Waals surface area contributed by atoms with Crippen molar-refractivity contribution in [1.29, 1.82) is 0 Å². The van der Waals surface area contributed by atoms with Gasteiger partial charge in [-0.25, -0.2) is 0 Å². The Morgan fingerprint density at radius 3 is 2.24 bits per heavy atom. The third kappa shape index (κ3) is 9.03. The topological polar surface area (TPSA) is 137 Å². The van der Waals surface area contributed by atoms with Gasteiger partial charge in [-0.1, -0.05) is 13.8 Å². The first kappa shape index (κ1) is 25.2. The molecule has 0 radical (unpaired) electrons. The van der Waals surface area contributed by atoms with E-state index in [1.165, 1.54) is 6.92 Å². The molecule has 3 amide bonds. The van der Waals surface area contributed by atoms with Crippen molar-refractivity contribution in [3.05, 3.63) is 0 Å². The first-order chi connectivity index (χ1) is 13.6. The molecular weight excluding hydrogens is 396 g/mol. The van der Waals surface area contributed by atoms with E-state index >= 15 is 0 Å². The van der Waals surface area contributed by atoms with E-state index in [0.29, 0.717) is 18.6 Å². The van der Waals surface area contributed by atoms with Gasteiger partial charge < -0.3 is 26.4 Å². The molecule has 166 valence electrons. The van der Waals surface area contributed by atoms with Gasteiger partial charge in [0.1, 0.15) is 18.1 Å². The Morgan fingerprint density at radius 2 is 1.72 bits per heavy atom. The standard InChI is InChI=1S/C19H34N4O5S/c1-11(2)10-15(18(26)21-12(3)19(27)28)23-17(25)14(7-9-29-4)22-16(24)13-6-5-8-20-13/h11-15,20H,5-10H2,1-4H3,(H,21,26)(H,22,24)(H,23,25)(H,27,28). The molecule has 1 fully saturated rings. The minimum Gasteiger partial charge on any atom is -0.480 e. The first-order valence-corrected chi connectivity index (χ1v) is 11.4. The van der Waals surface area contributed by atoms with Crippen LogP contribution in [-0.2, 0) is 19.2 Å². The number of aliphatic carboxylic acids is 1. The second kappa shape index (κ2) is 12.7. The molecule has 4 unspecified atom stereocenters. The molecule has 0 spiro atoms. The zero-order chi connectivity index (χ0) is 22.0. The largest absolute Gasteiger partial charge is 0.480 e. The summed E-state index contributed by atoms with van der Waals surface area (Å²) in [6.45, 7) is 5.96. The minimum atomic E-state index is -1.15. The summed E-state index contributed by atoms with van der Waals surface area (Å²) in [7, 11) is 0. The maximum absolute atomic E-state index is 12.9. The second-order valence-electron chi connectivity index (χ2n) is 7.75. The van der Waals surface area contributed by atoms with Gasteiger partial charge >= 0.3 is 5.97 Å². The molecule has 29 heavy (non-hydrogen) atoms. The number of thioether (sulfide) groups is 1. The van der Waals surface area contributed by atoms with Gasteiger partial charge in [0.15, 0.2) is 0 Å². The fraction of sp³-hybridized carbons (Fsp3) is 0.789. The molecule has 0 aromatic carbocycles. The SMILES string of the molecule is CSCCC(NC(=O)C1CCCN1)C(=O)NC(CC(C)C)C(=O)NC(C)C(=O)O. The molecule has 9 nitrogen and oxygen atoms in total. The summed E-state index contributed by atoms with van der Waals surface area (Å²) in [6, 6.07) is -2.99. The Bertz CT molecular complexity index is 581. The number of hydrogen-bond donors (Lipinski definition) is 5. The van der Waals surface area contributed by atoms with Gasteiger partial charge in [-0.3, -0.25) is 19.2 Å². The van der Waals surface area contributed by atoms with Crippen LogP contribution in [0.25, 0.3) is 0 Å². The first-order valence-electron chi connectivity index (χ1n) is 10.0. The second-order valence-corrected chi connectivity index (χ2v) is 8.74. The molecular formula is C19H34N4O5S. The zero-order valence-corrected chi connectivity index (χ0v) is 18.4. The Balaban J connectivity index is 2.82. The Hall–Kier alpha value is -1.81. The van der Waals surface area contributed by atoms with Crippen molar-refractivity contribution in [2.24, 2.45) is 5.92 Å². The number of hydrogen-bond acceptors (Lipinski definition) is 6. The zero-order valence-electron chi connectivity index (χ0n) is 17.6. The average Bonchev–Trinajstić information content (AvgIpc) is 3.18. The lowest BCUT2D eigenvalue weighted by Gasteiger charge is -2.25. The highest BCUT2D eigenvalue weighted by Crippen LogP contribution is 2.09. The number of rotatable bonds is 12.